The molecule has 0 saturated heterocycles. The molecule has 2 aromatic rings. The van der Waals surface area contributed by atoms with Crippen molar-refractivity contribution in [3.05, 3.63) is 64.9 Å². The highest BCUT2D eigenvalue weighted by Crippen LogP contribution is 2.25. The Morgan fingerprint density at radius 2 is 1.89 bits per heavy atom. The third-order valence-electron chi connectivity index (χ3n) is 3.41. The Balaban J connectivity index is 2.17. The van der Waals surface area contributed by atoms with Crippen LogP contribution in [0, 0.1) is 0 Å². The summed E-state index contributed by atoms with van der Waals surface area (Å²) in [4.78, 5) is 3.97. The van der Waals surface area contributed by atoms with Crippen LogP contribution in [0.2, 0.25) is 5.02 Å². The van der Waals surface area contributed by atoms with E-state index in [2.05, 4.69) is 4.98 Å². The number of halogens is 1. The average molecular weight is 276 g/mol. The van der Waals surface area contributed by atoms with E-state index < -0.39 is 5.60 Å². The SMILES string of the molecule is CCC(O)(Cc1ccccc1)Cc1ccncc1Cl. The fourth-order valence-electron chi connectivity index (χ4n) is 2.19. The summed E-state index contributed by atoms with van der Waals surface area (Å²) in [5.74, 6) is 0. The van der Waals surface area contributed by atoms with Gasteiger partial charge >= 0.3 is 0 Å². The van der Waals surface area contributed by atoms with Crippen molar-refractivity contribution >= 4 is 11.6 Å². The van der Waals surface area contributed by atoms with E-state index in [0.717, 1.165) is 11.1 Å². The van der Waals surface area contributed by atoms with Crippen LogP contribution in [0.3, 0.4) is 0 Å². The molecule has 1 atom stereocenters. The molecular formula is C16H18ClNO. The molecule has 1 heterocycles. The Bertz CT molecular complexity index is 529. The lowest BCUT2D eigenvalue weighted by Gasteiger charge is -2.27. The third-order valence-corrected chi connectivity index (χ3v) is 3.75. The first-order chi connectivity index (χ1) is 9.13. The van der Waals surface area contributed by atoms with Crippen molar-refractivity contribution in [2.45, 2.75) is 31.8 Å². The van der Waals surface area contributed by atoms with Gasteiger partial charge in [0, 0.05) is 25.2 Å². The average Bonchev–Trinajstić information content (AvgIpc) is 2.42. The second-order valence-corrected chi connectivity index (χ2v) is 5.29. The molecule has 0 bridgehead atoms. The largest absolute Gasteiger partial charge is 0.389 e. The van der Waals surface area contributed by atoms with E-state index in [1.165, 1.54) is 0 Å². The zero-order valence-electron chi connectivity index (χ0n) is 11.0. The predicted octanol–water partition coefficient (Wildman–Crippen LogP) is 3.66. The first-order valence-electron chi connectivity index (χ1n) is 6.48. The van der Waals surface area contributed by atoms with Crippen LogP contribution in [-0.2, 0) is 12.8 Å². The highest BCUT2D eigenvalue weighted by molar-refractivity contribution is 6.31. The minimum atomic E-state index is -0.771. The quantitative estimate of drug-likeness (QED) is 0.903. The van der Waals surface area contributed by atoms with E-state index >= 15 is 0 Å². The Hall–Kier alpha value is -1.38. The number of aliphatic hydroxyl groups is 1. The van der Waals surface area contributed by atoms with E-state index in [9.17, 15) is 5.11 Å². The Labute approximate surface area is 119 Å². The molecule has 1 unspecified atom stereocenters. The molecule has 0 saturated carbocycles. The van der Waals surface area contributed by atoms with Crippen LogP contribution in [0.4, 0.5) is 0 Å². The number of aromatic nitrogens is 1. The smallest absolute Gasteiger partial charge is 0.0726 e. The summed E-state index contributed by atoms with van der Waals surface area (Å²) in [5, 5.41) is 11.4. The van der Waals surface area contributed by atoms with Crippen molar-refractivity contribution in [2.24, 2.45) is 0 Å². The number of hydrogen-bond donors (Lipinski definition) is 1. The fraction of sp³-hybridized carbons (Fsp3) is 0.312. The molecule has 2 nitrogen and oxygen atoms in total. The van der Waals surface area contributed by atoms with Gasteiger partial charge in [0.2, 0.25) is 0 Å². The Morgan fingerprint density at radius 1 is 1.16 bits per heavy atom. The Morgan fingerprint density at radius 3 is 2.53 bits per heavy atom. The van der Waals surface area contributed by atoms with Crippen molar-refractivity contribution < 1.29 is 5.11 Å². The molecule has 0 aliphatic rings. The molecule has 100 valence electrons. The maximum absolute atomic E-state index is 10.8. The molecule has 1 N–H and O–H groups in total. The summed E-state index contributed by atoms with van der Waals surface area (Å²) in [6, 6.07) is 11.9. The van der Waals surface area contributed by atoms with E-state index in [4.69, 9.17) is 11.6 Å². The van der Waals surface area contributed by atoms with E-state index in [1.807, 2.05) is 43.3 Å². The first kappa shape index (κ1) is 14.0. The zero-order chi connectivity index (χ0) is 13.7. The number of pyridine rings is 1. The fourth-order valence-corrected chi connectivity index (χ4v) is 2.38. The number of nitrogens with zero attached hydrogens (tertiary/aromatic N) is 1. The molecule has 1 aromatic carbocycles. The van der Waals surface area contributed by atoms with Gasteiger partial charge in [0.05, 0.1) is 10.6 Å². The second-order valence-electron chi connectivity index (χ2n) is 4.88. The van der Waals surface area contributed by atoms with E-state index in [0.29, 0.717) is 24.3 Å². The molecule has 3 heteroatoms. The maximum atomic E-state index is 10.8. The molecule has 0 fully saturated rings. The van der Waals surface area contributed by atoms with Crippen LogP contribution in [0.5, 0.6) is 0 Å². The summed E-state index contributed by atoms with van der Waals surface area (Å²) in [5.41, 5.74) is 1.31. The lowest BCUT2D eigenvalue weighted by Crippen LogP contribution is -2.33. The number of benzene rings is 1. The summed E-state index contributed by atoms with van der Waals surface area (Å²) in [6.45, 7) is 2.00. The summed E-state index contributed by atoms with van der Waals surface area (Å²) >= 11 is 6.12. The van der Waals surface area contributed by atoms with Crippen LogP contribution >= 0.6 is 11.6 Å². The van der Waals surface area contributed by atoms with Crippen LogP contribution < -0.4 is 0 Å². The highest BCUT2D eigenvalue weighted by atomic mass is 35.5. The van der Waals surface area contributed by atoms with Gasteiger partial charge in [0.15, 0.2) is 0 Å². The van der Waals surface area contributed by atoms with E-state index in [1.54, 1.807) is 12.4 Å². The van der Waals surface area contributed by atoms with Gasteiger partial charge < -0.3 is 5.11 Å². The molecule has 1 aromatic heterocycles. The van der Waals surface area contributed by atoms with Crippen LogP contribution in [-0.4, -0.2) is 15.7 Å². The lowest BCUT2D eigenvalue weighted by molar-refractivity contribution is 0.0368. The third kappa shape index (κ3) is 3.79. The molecule has 2 rings (SSSR count). The lowest BCUT2D eigenvalue weighted by atomic mass is 9.86. The summed E-state index contributed by atoms with van der Waals surface area (Å²) < 4.78 is 0. The van der Waals surface area contributed by atoms with Gasteiger partial charge in [0.1, 0.15) is 0 Å². The van der Waals surface area contributed by atoms with Crippen molar-refractivity contribution in [1.29, 1.82) is 0 Å². The predicted molar refractivity (Wildman–Crippen MR) is 78.3 cm³/mol. The van der Waals surface area contributed by atoms with Crippen molar-refractivity contribution in [3.8, 4) is 0 Å². The minimum absolute atomic E-state index is 0.541. The van der Waals surface area contributed by atoms with Gasteiger partial charge in [-0.3, -0.25) is 4.98 Å². The standard InChI is InChI=1S/C16H18ClNO/c1-2-16(19,10-13-6-4-3-5-7-13)11-14-8-9-18-12-15(14)17/h3-9,12,19H,2,10-11H2,1H3. The van der Waals surface area contributed by atoms with Crippen LogP contribution in [0.15, 0.2) is 48.8 Å². The first-order valence-corrected chi connectivity index (χ1v) is 6.85. The van der Waals surface area contributed by atoms with E-state index in [-0.39, 0.29) is 0 Å². The van der Waals surface area contributed by atoms with Gasteiger partial charge in [-0.15, -0.1) is 0 Å². The van der Waals surface area contributed by atoms with Gasteiger partial charge in [-0.2, -0.15) is 0 Å². The topological polar surface area (TPSA) is 33.1 Å². The van der Waals surface area contributed by atoms with Gasteiger partial charge in [-0.05, 0) is 23.6 Å². The molecule has 0 aliphatic heterocycles. The maximum Gasteiger partial charge on any atom is 0.0726 e. The highest BCUT2D eigenvalue weighted by Gasteiger charge is 2.26. The van der Waals surface area contributed by atoms with Crippen molar-refractivity contribution in [3.63, 3.8) is 0 Å². The monoisotopic (exact) mass is 275 g/mol. The molecule has 0 amide bonds. The Kier molecular flexibility index (Phi) is 4.56. The minimum Gasteiger partial charge on any atom is -0.389 e. The zero-order valence-corrected chi connectivity index (χ0v) is 11.8. The van der Waals surface area contributed by atoms with Crippen LogP contribution in [0.25, 0.3) is 0 Å². The molecule has 0 aliphatic carbocycles. The van der Waals surface area contributed by atoms with Crippen molar-refractivity contribution in [2.75, 3.05) is 0 Å². The summed E-state index contributed by atoms with van der Waals surface area (Å²) in [6.07, 6.45) is 5.18. The van der Waals surface area contributed by atoms with Gasteiger partial charge in [-0.1, -0.05) is 48.9 Å². The van der Waals surface area contributed by atoms with Crippen LogP contribution in [0.1, 0.15) is 24.5 Å². The molecule has 0 spiro atoms. The molecular weight excluding hydrogens is 258 g/mol. The van der Waals surface area contributed by atoms with Gasteiger partial charge in [0.25, 0.3) is 0 Å². The number of rotatable bonds is 5. The molecule has 19 heavy (non-hydrogen) atoms. The molecule has 0 radical (unpaired) electrons. The second kappa shape index (κ2) is 6.18. The number of hydrogen-bond acceptors (Lipinski definition) is 2. The van der Waals surface area contributed by atoms with Gasteiger partial charge in [-0.25, -0.2) is 0 Å². The normalized spacial score (nSPS) is 14.1. The summed E-state index contributed by atoms with van der Waals surface area (Å²) in [7, 11) is 0. The van der Waals surface area contributed by atoms with Crippen molar-refractivity contribution in [1.82, 2.24) is 4.98 Å².